The van der Waals surface area contributed by atoms with Crippen molar-refractivity contribution in [1.29, 1.82) is 0 Å². The summed E-state index contributed by atoms with van der Waals surface area (Å²) in [6, 6.07) is 9.96. The van der Waals surface area contributed by atoms with Crippen molar-refractivity contribution in [2.75, 3.05) is 13.2 Å². The van der Waals surface area contributed by atoms with Gasteiger partial charge in [0.05, 0.1) is 12.0 Å². The molecule has 110 valence electrons. The topological polar surface area (TPSA) is 64.3 Å². The van der Waals surface area contributed by atoms with Gasteiger partial charge in [0.1, 0.15) is 0 Å². The van der Waals surface area contributed by atoms with Crippen LogP contribution in [0.3, 0.4) is 0 Å². The fourth-order valence-electron chi connectivity index (χ4n) is 2.50. The van der Waals surface area contributed by atoms with Gasteiger partial charge in [-0.1, -0.05) is 30.3 Å². The summed E-state index contributed by atoms with van der Waals surface area (Å²) >= 11 is 0. The molecule has 1 fully saturated rings. The lowest BCUT2D eigenvalue weighted by atomic mass is 9.88. The Kier molecular flexibility index (Phi) is 4.78. The second kappa shape index (κ2) is 6.37. The average Bonchev–Trinajstić information content (AvgIpc) is 2.48. The van der Waals surface area contributed by atoms with Gasteiger partial charge in [-0.15, -0.1) is 0 Å². The first-order valence-electron chi connectivity index (χ1n) is 7.22. The zero-order valence-corrected chi connectivity index (χ0v) is 12.3. The summed E-state index contributed by atoms with van der Waals surface area (Å²) in [4.78, 5) is 12.5. The minimum Gasteiger partial charge on any atom is -0.373 e. The molecule has 0 bridgehead atoms. The Morgan fingerprint density at radius 3 is 2.75 bits per heavy atom. The molecule has 1 aliphatic rings. The minimum atomic E-state index is -0.379. The molecule has 20 heavy (non-hydrogen) atoms. The van der Waals surface area contributed by atoms with Gasteiger partial charge in [-0.3, -0.25) is 4.79 Å². The lowest BCUT2D eigenvalue weighted by molar-refractivity contribution is -0.136. The Bertz CT molecular complexity index is 445. The third-order valence-electron chi connectivity index (χ3n) is 3.76. The highest BCUT2D eigenvalue weighted by Crippen LogP contribution is 2.33. The van der Waals surface area contributed by atoms with E-state index in [-0.39, 0.29) is 23.5 Å². The van der Waals surface area contributed by atoms with Crippen molar-refractivity contribution in [2.45, 2.75) is 38.3 Å². The van der Waals surface area contributed by atoms with Crippen LogP contribution in [-0.4, -0.2) is 24.6 Å². The summed E-state index contributed by atoms with van der Waals surface area (Å²) in [6.07, 6.45) is 1.62. The maximum absolute atomic E-state index is 12.5. The second-order valence-corrected chi connectivity index (χ2v) is 6.03. The molecule has 0 saturated carbocycles. The smallest absolute Gasteiger partial charge is 0.226 e. The monoisotopic (exact) mass is 276 g/mol. The average molecular weight is 276 g/mol. The van der Waals surface area contributed by atoms with Crippen molar-refractivity contribution < 1.29 is 9.53 Å². The largest absolute Gasteiger partial charge is 0.373 e. The van der Waals surface area contributed by atoms with E-state index >= 15 is 0 Å². The summed E-state index contributed by atoms with van der Waals surface area (Å²) in [6.45, 7) is 5.00. The van der Waals surface area contributed by atoms with Crippen LogP contribution in [0.2, 0.25) is 0 Å². The number of ether oxygens (including phenoxy) is 1. The van der Waals surface area contributed by atoms with Gasteiger partial charge in [0.25, 0.3) is 0 Å². The van der Waals surface area contributed by atoms with Crippen LogP contribution in [0, 0.1) is 5.92 Å². The van der Waals surface area contributed by atoms with E-state index < -0.39 is 0 Å². The van der Waals surface area contributed by atoms with E-state index in [9.17, 15) is 4.79 Å². The number of nitrogens with two attached hydrogens (primary N) is 1. The van der Waals surface area contributed by atoms with E-state index in [0.717, 1.165) is 18.4 Å². The van der Waals surface area contributed by atoms with E-state index in [0.29, 0.717) is 13.2 Å². The Morgan fingerprint density at radius 1 is 1.40 bits per heavy atom. The van der Waals surface area contributed by atoms with Gasteiger partial charge in [0, 0.05) is 18.7 Å². The zero-order valence-electron chi connectivity index (χ0n) is 12.3. The van der Waals surface area contributed by atoms with Crippen molar-refractivity contribution in [1.82, 2.24) is 5.32 Å². The van der Waals surface area contributed by atoms with Gasteiger partial charge in [0.15, 0.2) is 0 Å². The molecule has 1 aromatic carbocycles. The molecule has 0 radical (unpaired) electrons. The SMILES string of the molecule is CC(C)(CN)NC(=O)C1CCCOC1c1ccccc1. The first kappa shape index (κ1) is 15.0. The molecule has 0 aliphatic carbocycles. The number of hydrogen-bond donors (Lipinski definition) is 2. The van der Waals surface area contributed by atoms with Crippen LogP contribution >= 0.6 is 0 Å². The van der Waals surface area contributed by atoms with E-state index in [4.69, 9.17) is 10.5 Å². The van der Waals surface area contributed by atoms with E-state index in [1.165, 1.54) is 0 Å². The number of amides is 1. The van der Waals surface area contributed by atoms with Crippen LogP contribution in [0.5, 0.6) is 0 Å². The van der Waals surface area contributed by atoms with E-state index in [1.54, 1.807) is 0 Å². The van der Waals surface area contributed by atoms with Crippen molar-refractivity contribution in [3.05, 3.63) is 35.9 Å². The van der Waals surface area contributed by atoms with Crippen LogP contribution < -0.4 is 11.1 Å². The van der Waals surface area contributed by atoms with E-state index in [1.807, 2.05) is 44.2 Å². The highest BCUT2D eigenvalue weighted by Gasteiger charge is 2.34. The molecule has 1 amide bonds. The van der Waals surface area contributed by atoms with Crippen molar-refractivity contribution in [3.63, 3.8) is 0 Å². The fraction of sp³-hybridized carbons (Fsp3) is 0.562. The number of benzene rings is 1. The molecular formula is C16H24N2O2. The molecule has 2 rings (SSSR count). The fourth-order valence-corrected chi connectivity index (χ4v) is 2.50. The molecule has 4 nitrogen and oxygen atoms in total. The molecule has 2 atom stereocenters. The molecule has 1 saturated heterocycles. The Hall–Kier alpha value is -1.39. The van der Waals surface area contributed by atoms with Gasteiger partial charge < -0.3 is 15.8 Å². The number of nitrogens with one attached hydrogen (secondary N) is 1. The number of rotatable bonds is 4. The van der Waals surface area contributed by atoms with Crippen molar-refractivity contribution >= 4 is 5.91 Å². The van der Waals surface area contributed by atoms with Crippen LogP contribution in [-0.2, 0) is 9.53 Å². The number of carbonyl (C=O) groups is 1. The Morgan fingerprint density at radius 2 is 2.10 bits per heavy atom. The van der Waals surface area contributed by atoms with Crippen LogP contribution in [0.4, 0.5) is 0 Å². The van der Waals surface area contributed by atoms with Gasteiger partial charge in [-0.2, -0.15) is 0 Å². The third kappa shape index (κ3) is 3.58. The summed E-state index contributed by atoms with van der Waals surface area (Å²) < 4.78 is 5.85. The van der Waals surface area contributed by atoms with Crippen molar-refractivity contribution in [3.8, 4) is 0 Å². The maximum atomic E-state index is 12.5. The van der Waals surface area contributed by atoms with E-state index in [2.05, 4.69) is 5.32 Å². The highest BCUT2D eigenvalue weighted by molar-refractivity contribution is 5.80. The third-order valence-corrected chi connectivity index (χ3v) is 3.76. The molecule has 4 heteroatoms. The molecule has 2 unspecified atom stereocenters. The van der Waals surface area contributed by atoms with Gasteiger partial charge in [0.2, 0.25) is 5.91 Å². The van der Waals surface area contributed by atoms with Crippen LogP contribution in [0.1, 0.15) is 38.4 Å². The first-order chi connectivity index (χ1) is 9.53. The molecule has 0 spiro atoms. The lowest BCUT2D eigenvalue weighted by Gasteiger charge is -2.34. The number of hydrogen-bond acceptors (Lipinski definition) is 3. The Labute approximate surface area is 120 Å². The summed E-state index contributed by atoms with van der Waals surface area (Å²) in [5.74, 6) is -0.106. The minimum absolute atomic E-state index is 0.0361. The Balaban J connectivity index is 2.13. The standard InChI is InChI=1S/C16H24N2O2/c1-16(2,11-17)18-15(19)13-9-6-10-20-14(13)12-7-4-3-5-8-12/h3-5,7-8,13-14H,6,9-11,17H2,1-2H3,(H,18,19). The quantitative estimate of drug-likeness (QED) is 0.884. The predicted molar refractivity (Wildman–Crippen MR) is 79.1 cm³/mol. The molecule has 3 N–H and O–H groups in total. The molecule has 1 aromatic rings. The predicted octanol–water partition coefficient (Wildman–Crippen LogP) is 2.01. The summed E-state index contributed by atoms with van der Waals surface area (Å²) in [5.41, 5.74) is 6.37. The van der Waals surface area contributed by atoms with Crippen LogP contribution in [0.15, 0.2) is 30.3 Å². The summed E-state index contributed by atoms with van der Waals surface area (Å²) in [7, 11) is 0. The normalized spacial score (nSPS) is 23.4. The number of carbonyl (C=O) groups excluding carboxylic acids is 1. The molecular weight excluding hydrogens is 252 g/mol. The lowest BCUT2D eigenvalue weighted by Crippen LogP contribution is -2.52. The van der Waals surface area contributed by atoms with Gasteiger partial charge >= 0.3 is 0 Å². The maximum Gasteiger partial charge on any atom is 0.226 e. The second-order valence-electron chi connectivity index (χ2n) is 6.03. The molecule has 1 aliphatic heterocycles. The van der Waals surface area contributed by atoms with Gasteiger partial charge in [-0.05, 0) is 32.3 Å². The van der Waals surface area contributed by atoms with Gasteiger partial charge in [-0.25, -0.2) is 0 Å². The zero-order chi connectivity index (χ0) is 14.6. The first-order valence-corrected chi connectivity index (χ1v) is 7.22. The molecule has 1 heterocycles. The van der Waals surface area contributed by atoms with Crippen molar-refractivity contribution in [2.24, 2.45) is 11.7 Å². The summed E-state index contributed by atoms with van der Waals surface area (Å²) in [5, 5.41) is 3.03. The molecule has 0 aromatic heterocycles. The highest BCUT2D eigenvalue weighted by atomic mass is 16.5. The van der Waals surface area contributed by atoms with Crippen LogP contribution in [0.25, 0.3) is 0 Å².